The fraction of sp³-hybridized carbons (Fsp3) is 0.588. The van der Waals surface area contributed by atoms with Gasteiger partial charge in [-0.3, -0.25) is 4.79 Å². The Hall–Kier alpha value is -1.66. The molecule has 0 aromatic heterocycles. The third-order valence-electron chi connectivity index (χ3n) is 4.66. The van der Waals surface area contributed by atoms with Gasteiger partial charge >= 0.3 is 0 Å². The largest absolute Gasteiger partial charge is 0.378 e. The smallest absolute Gasteiger partial charge is 0.254 e. The highest BCUT2D eigenvalue weighted by Gasteiger charge is 2.24. The summed E-state index contributed by atoms with van der Waals surface area (Å²) in [6.45, 7) is 4.00. The van der Waals surface area contributed by atoms with Gasteiger partial charge in [0.1, 0.15) is 5.82 Å². The molecule has 0 spiro atoms. The van der Waals surface area contributed by atoms with Crippen molar-refractivity contribution in [2.24, 2.45) is 0 Å². The second-order valence-corrected chi connectivity index (χ2v) is 6.14. The highest BCUT2D eigenvalue weighted by Crippen LogP contribution is 2.23. The monoisotopic (exact) mass is 321 g/mol. The number of carbonyl (C=O) groups excluding carboxylic acids is 1. The number of morpholine rings is 1. The van der Waals surface area contributed by atoms with Crippen molar-refractivity contribution in [2.75, 3.05) is 51.3 Å². The zero-order valence-corrected chi connectivity index (χ0v) is 13.6. The molecule has 2 aliphatic rings. The number of nitrogens with zero attached hydrogens (tertiary/aromatic N) is 2. The van der Waals surface area contributed by atoms with E-state index in [0.29, 0.717) is 50.1 Å². The Kier molecular flexibility index (Phi) is 5.13. The Morgan fingerprint density at radius 2 is 2.09 bits per heavy atom. The summed E-state index contributed by atoms with van der Waals surface area (Å²) in [6, 6.07) is 5.15. The van der Waals surface area contributed by atoms with Gasteiger partial charge in [0.05, 0.1) is 18.9 Å². The molecule has 0 saturated carbocycles. The molecule has 6 heteroatoms. The number of ether oxygens (including phenoxy) is 1. The average Bonchev–Trinajstić information content (AvgIpc) is 2.61. The van der Waals surface area contributed by atoms with Gasteiger partial charge in [-0.05, 0) is 38.1 Å². The zero-order chi connectivity index (χ0) is 16.2. The predicted molar refractivity (Wildman–Crippen MR) is 87.4 cm³/mol. The molecule has 3 rings (SSSR count). The van der Waals surface area contributed by atoms with Crippen molar-refractivity contribution in [2.45, 2.75) is 18.9 Å². The molecule has 2 saturated heterocycles. The van der Waals surface area contributed by atoms with Crippen molar-refractivity contribution in [3.8, 4) is 0 Å². The second kappa shape index (κ2) is 7.27. The molecule has 1 atom stereocenters. The first-order valence-electron chi connectivity index (χ1n) is 8.28. The van der Waals surface area contributed by atoms with Crippen molar-refractivity contribution in [3.05, 3.63) is 29.6 Å². The lowest BCUT2D eigenvalue weighted by atomic mass is 10.0. The lowest BCUT2D eigenvalue weighted by Gasteiger charge is -2.33. The van der Waals surface area contributed by atoms with E-state index < -0.39 is 0 Å². The molecule has 5 nitrogen and oxygen atoms in total. The molecule has 23 heavy (non-hydrogen) atoms. The summed E-state index contributed by atoms with van der Waals surface area (Å²) in [6.07, 6.45) is 2.05. The molecule has 1 N–H and O–H groups in total. The fourth-order valence-corrected chi connectivity index (χ4v) is 3.28. The first kappa shape index (κ1) is 16.2. The number of anilines is 1. The minimum Gasteiger partial charge on any atom is -0.378 e. The first-order valence-corrected chi connectivity index (χ1v) is 8.28. The van der Waals surface area contributed by atoms with Gasteiger partial charge in [0.2, 0.25) is 0 Å². The maximum atomic E-state index is 14.4. The van der Waals surface area contributed by atoms with Crippen LogP contribution in [-0.2, 0) is 4.74 Å². The number of nitrogens with one attached hydrogen (secondary N) is 1. The Morgan fingerprint density at radius 1 is 1.30 bits per heavy atom. The van der Waals surface area contributed by atoms with Gasteiger partial charge in [0, 0.05) is 37.8 Å². The highest BCUT2D eigenvalue weighted by molar-refractivity contribution is 5.94. The van der Waals surface area contributed by atoms with Crippen molar-refractivity contribution in [1.29, 1.82) is 0 Å². The summed E-state index contributed by atoms with van der Waals surface area (Å²) >= 11 is 0. The number of hydrogen-bond acceptors (Lipinski definition) is 4. The molecule has 0 radical (unpaired) electrons. The molecule has 0 aliphatic carbocycles. The van der Waals surface area contributed by atoms with Gasteiger partial charge in [-0.25, -0.2) is 4.39 Å². The van der Waals surface area contributed by atoms with Gasteiger partial charge < -0.3 is 19.9 Å². The van der Waals surface area contributed by atoms with Gasteiger partial charge in [0.25, 0.3) is 5.91 Å². The molecule has 2 aliphatic heterocycles. The van der Waals surface area contributed by atoms with Gasteiger partial charge in [-0.1, -0.05) is 0 Å². The van der Waals surface area contributed by atoms with E-state index in [9.17, 15) is 9.18 Å². The Labute approximate surface area is 136 Å². The summed E-state index contributed by atoms with van der Waals surface area (Å²) in [5.74, 6) is -0.419. The molecule has 1 aromatic carbocycles. The van der Waals surface area contributed by atoms with Crippen LogP contribution in [0.2, 0.25) is 0 Å². The summed E-state index contributed by atoms with van der Waals surface area (Å²) in [5, 5.41) is 3.22. The summed E-state index contributed by atoms with van der Waals surface area (Å²) in [7, 11) is 1.91. The number of likely N-dealkylation sites (tertiary alicyclic amines) is 1. The normalized spacial score (nSPS) is 22.3. The lowest BCUT2D eigenvalue weighted by Crippen LogP contribution is -2.47. The van der Waals surface area contributed by atoms with E-state index in [2.05, 4.69) is 5.32 Å². The lowest BCUT2D eigenvalue weighted by molar-refractivity contribution is 0.0697. The van der Waals surface area contributed by atoms with Crippen LogP contribution in [0.3, 0.4) is 0 Å². The van der Waals surface area contributed by atoms with Crippen LogP contribution in [0.15, 0.2) is 18.2 Å². The van der Waals surface area contributed by atoms with E-state index in [-0.39, 0.29) is 11.7 Å². The van der Waals surface area contributed by atoms with E-state index in [1.807, 2.05) is 16.8 Å². The molecule has 126 valence electrons. The van der Waals surface area contributed by atoms with Crippen LogP contribution < -0.4 is 10.2 Å². The third kappa shape index (κ3) is 3.64. The Bertz CT molecular complexity index is 561. The molecule has 2 heterocycles. The molecule has 2 fully saturated rings. The summed E-state index contributed by atoms with van der Waals surface area (Å²) in [4.78, 5) is 16.4. The Balaban J connectivity index is 1.72. The van der Waals surface area contributed by atoms with Crippen LogP contribution in [0.4, 0.5) is 10.1 Å². The molecular formula is C17H24FN3O2. The SMILES string of the molecule is CN[C@@H]1CCCN(C(=O)c2ccc(N3CCOCC3)c(F)c2)C1. The number of hydrogen-bond donors (Lipinski definition) is 1. The topological polar surface area (TPSA) is 44.8 Å². The maximum absolute atomic E-state index is 14.4. The number of rotatable bonds is 3. The minimum absolute atomic E-state index is 0.0858. The van der Waals surface area contributed by atoms with E-state index in [1.165, 1.54) is 6.07 Å². The molecular weight excluding hydrogens is 297 g/mol. The molecule has 1 aromatic rings. The Morgan fingerprint density at radius 3 is 2.78 bits per heavy atom. The fourth-order valence-electron chi connectivity index (χ4n) is 3.28. The molecule has 0 unspecified atom stereocenters. The van der Waals surface area contributed by atoms with E-state index >= 15 is 0 Å². The van der Waals surface area contributed by atoms with Crippen LogP contribution in [0, 0.1) is 5.82 Å². The van der Waals surface area contributed by atoms with Crippen LogP contribution in [-0.4, -0.2) is 63.3 Å². The number of benzene rings is 1. The predicted octanol–water partition coefficient (Wildman–Crippen LogP) is 1.49. The van der Waals surface area contributed by atoms with Gasteiger partial charge in [-0.15, -0.1) is 0 Å². The van der Waals surface area contributed by atoms with Crippen LogP contribution in [0.5, 0.6) is 0 Å². The summed E-state index contributed by atoms with van der Waals surface area (Å²) < 4.78 is 19.7. The van der Waals surface area contributed by atoms with E-state index in [0.717, 1.165) is 19.4 Å². The minimum atomic E-state index is -0.333. The van der Waals surface area contributed by atoms with E-state index in [4.69, 9.17) is 4.74 Å². The molecule has 0 bridgehead atoms. The van der Waals surface area contributed by atoms with Crippen LogP contribution in [0.1, 0.15) is 23.2 Å². The highest BCUT2D eigenvalue weighted by atomic mass is 19.1. The third-order valence-corrected chi connectivity index (χ3v) is 4.66. The van der Waals surface area contributed by atoms with Crippen molar-refractivity contribution >= 4 is 11.6 Å². The molecule has 1 amide bonds. The van der Waals surface area contributed by atoms with Crippen molar-refractivity contribution in [1.82, 2.24) is 10.2 Å². The number of carbonyl (C=O) groups is 1. The average molecular weight is 321 g/mol. The van der Waals surface area contributed by atoms with Crippen LogP contribution in [0.25, 0.3) is 0 Å². The zero-order valence-electron chi connectivity index (χ0n) is 13.6. The van der Waals surface area contributed by atoms with Gasteiger partial charge in [0.15, 0.2) is 0 Å². The van der Waals surface area contributed by atoms with E-state index in [1.54, 1.807) is 12.1 Å². The number of piperidine rings is 1. The van der Waals surface area contributed by atoms with Crippen molar-refractivity contribution in [3.63, 3.8) is 0 Å². The van der Waals surface area contributed by atoms with Crippen molar-refractivity contribution < 1.29 is 13.9 Å². The number of halogens is 1. The van der Waals surface area contributed by atoms with Gasteiger partial charge in [-0.2, -0.15) is 0 Å². The van der Waals surface area contributed by atoms with Crippen LogP contribution >= 0.6 is 0 Å². The second-order valence-electron chi connectivity index (χ2n) is 6.14. The number of amides is 1. The maximum Gasteiger partial charge on any atom is 0.254 e. The summed E-state index contributed by atoms with van der Waals surface area (Å²) in [5.41, 5.74) is 0.979. The number of likely N-dealkylation sites (N-methyl/N-ethyl adjacent to an activating group) is 1. The standard InChI is InChI=1S/C17H24FN3O2/c1-19-14-3-2-6-21(12-14)17(22)13-4-5-16(15(18)11-13)20-7-9-23-10-8-20/h4-5,11,14,19H,2-3,6-10,12H2,1H3/t14-/m1/s1. The first-order chi connectivity index (χ1) is 11.2. The quantitative estimate of drug-likeness (QED) is 0.916.